The number of primary amides is 1. The van der Waals surface area contributed by atoms with Gasteiger partial charge in [0.25, 0.3) is 15.9 Å². The molecule has 3 N–H and O–H groups in total. The number of rotatable bonds is 5. The van der Waals surface area contributed by atoms with Gasteiger partial charge in [0, 0.05) is 16.8 Å². The van der Waals surface area contributed by atoms with E-state index in [9.17, 15) is 18.0 Å². The normalized spacial score (nSPS) is 11.4. The average molecular weight is 371 g/mol. The number of carbonyl (C=O) groups excluding carboxylic acids is 2. The van der Waals surface area contributed by atoms with Crippen molar-refractivity contribution < 1.29 is 18.0 Å². The molecule has 3 rings (SSSR count). The Morgan fingerprint density at radius 3 is 2.38 bits per heavy atom. The number of hydrogen-bond acceptors (Lipinski definition) is 4. The predicted octanol–water partition coefficient (Wildman–Crippen LogP) is 1.55. The molecule has 1 heterocycles. The summed E-state index contributed by atoms with van der Waals surface area (Å²) >= 11 is 0. The number of aromatic nitrogens is 1. The fraction of sp³-hybridized carbons (Fsp3) is 0.111. The molecule has 134 valence electrons. The summed E-state index contributed by atoms with van der Waals surface area (Å²) in [6, 6.07) is 14.5. The van der Waals surface area contributed by atoms with Gasteiger partial charge in [0.05, 0.1) is 4.90 Å². The molecule has 0 radical (unpaired) electrons. The lowest BCUT2D eigenvalue weighted by atomic mass is 10.2. The van der Waals surface area contributed by atoms with Gasteiger partial charge in [-0.15, -0.1) is 0 Å². The molecule has 2 amide bonds. The highest BCUT2D eigenvalue weighted by Gasteiger charge is 2.19. The average Bonchev–Trinajstić information content (AvgIpc) is 2.90. The van der Waals surface area contributed by atoms with Crippen LogP contribution in [0.5, 0.6) is 0 Å². The lowest BCUT2D eigenvalue weighted by Crippen LogP contribution is -2.33. The highest BCUT2D eigenvalue weighted by Crippen LogP contribution is 2.19. The van der Waals surface area contributed by atoms with Gasteiger partial charge in [0.1, 0.15) is 6.54 Å². The number of aryl methyl sites for hydroxylation is 1. The van der Waals surface area contributed by atoms with Gasteiger partial charge in [-0.3, -0.25) is 9.59 Å². The molecular weight excluding hydrogens is 354 g/mol. The molecule has 0 atom stereocenters. The molecule has 0 unspecified atom stereocenters. The highest BCUT2D eigenvalue weighted by atomic mass is 32.2. The van der Waals surface area contributed by atoms with Crippen molar-refractivity contribution in [3.8, 4) is 0 Å². The van der Waals surface area contributed by atoms with Crippen molar-refractivity contribution in [1.29, 1.82) is 0 Å². The van der Waals surface area contributed by atoms with Crippen LogP contribution in [0.3, 0.4) is 0 Å². The topological polar surface area (TPSA) is 111 Å². The zero-order valence-electron chi connectivity index (χ0n) is 14.0. The van der Waals surface area contributed by atoms with Crippen LogP contribution in [-0.4, -0.2) is 24.8 Å². The molecule has 0 saturated carbocycles. The fourth-order valence-electron chi connectivity index (χ4n) is 2.74. The van der Waals surface area contributed by atoms with E-state index in [1.165, 1.54) is 24.3 Å². The first-order chi connectivity index (χ1) is 12.3. The number of nitrogens with one attached hydrogen (secondary N) is 1. The lowest BCUT2D eigenvalue weighted by Gasteiger charge is -2.10. The monoisotopic (exact) mass is 371 g/mol. The van der Waals surface area contributed by atoms with E-state index >= 15 is 0 Å². The minimum atomic E-state index is -4.04. The van der Waals surface area contributed by atoms with Gasteiger partial charge in [-0.05, 0) is 48.7 Å². The molecule has 7 nitrogen and oxygen atoms in total. The molecule has 0 saturated heterocycles. The van der Waals surface area contributed by atoms with Crippen molar-refractivity contribution in [2.24, 2.45) is 5.73 Å². The number of fused-ring (bicyclic) bond motifs is 1. The number of amides is 2. The second-order valence-corrected chi connectivity index (χ2v) is 7.53. The SMILES string of the molecule is Cc1cc2ccccc2n1CC(=O)NS(=O)(=O)c1ccc(C(N)=O)cc1. The maximum atomic E-state index is 12.3. The third kappa shape index (κ3) is 3.45. The van der Waals surface area contributed by atoms with Crippen LogP contribution in [0.4, 0.5) is 0 Å². The third-order valence-corrected chi connectivity index (χ3v) is 5.41. The summed E-state index contributed by atoms with van der Waals surface area (Å²) in [5, 5.41) is 0.975. The van der Waals surface area contributed by atoms with Gasteiger partial charge < -0.3 is 10.3 Å². The van der Waals surface area contributed by atoms with E-state index in [1.54, 1.807) is 4.57 Å². The largest absolute Gasteiger partial charge is 0.366 e. The first-order valence-corrected chi connectivity index (χ1v) is 9.26. The second-order valence-electron chi connectivity index (χ2n) is 5.85. The quantitative estimate of drug-likeness (QED) is 0.709. The summed E-state index contributed by atoms with van der Waals surface area (Å²) in [6.45, 7) is 1.72. The molecular formula is C18H17N3O4S. The first-order valence-electron chi connectivity index (χ1n) is 7.78. The van der Waals surface area contributed by atoms with Gasteiger partial charge in [0.15, 0.2) is 0 Å². The van der Waals surface area contributed by atoms with Crippen molar-refractivity contribution in [2.75, 3.05) is 0 Å². The molecule has 0 aliphatic rings. The Hall–Kier alpha value is -3.13. The molecule has 0 bridgehead atoms. The lowest BCUT2D eigenvalue weighted by molar-refractivity contribution is -0.119. The minimum Gasteiger partial charge on any atom is -0.366 e. The maximum Gasteiger partial charge on any atom is 0.264 e. The van der Waals surface area contributed by atoms with Crippen molar-refractivity contribution in [1.82, 2.24) is 9.29 Å². The molecule has 0 aliphatic carbocycles. The molecule has 8 heteroatoms. The van der Waals surface area contributed by atoms with Crippen LogP contribution in [0.2, 0.25) is 0 Å². The van der Waals surface area contributed by atoms with E-state index in [1.807, 2.05) is 42.0 Å². The van der Waals surface area contributed by atoms with Crippen LogP contribution in [-0.2, 0) is 21.4 Å². The van der Waals surface area contributed by atoms with Gasteiger partial charge in [-0.25, -0.2) is 13.1 Å². The molecule has 26 heavy (non-hydrogen) atoms. The maximum absolute atomic E-state index is 12.3. The Kier molecular flexibility index (Phi) is 4.52. The van der Waals surface area contributed by atoms with Crippen LogP contribution < -0.4 is 10.5 Å². The van der Waals surface area contributed by atoms with Crippen LogP contribution in [0.1, 0.15) is 16.1 Å². The number of benzene rings is 2. The van der Waals surface area contributed by atoms with Gasteiger partial charge in [-0.2, -0.15) is 0 Å². The smallest absolute Gasteiger partial charge is 0.264 e. The molecule has 0 aliphatic heterocycles. The third-order valence-electron chi connectivity index (χ3n) is 4.02. The van der Waals surface area contributed by atoms with E-state index in [0.717, 1.165) is 16.6 Å². The Balaban J connectivity index is 1.80. The zero-order chi connectivity index (χ0) is 18.9. The van der Waals surface area contributed by atoms with Crippen LogP contribution >= 0.6 is 0 Å². The number of nitrogens with zero attached hydrogens (tertiary/aromatic N) is 1. The van der Waals surface area contributed by atoms with E-state index < -0.39 is 21.8 Å². The Labute approximate surface area is 150 Å². The number of para-hydroxylation sites is 1. The molecule has 0 spiro atoms. The van der Waals surface area contributed by atoms with E-state index in [4.69, 9.17) is 5.73 Å². The van der Waals surface area contributed by atoms with Crippen molar-refractivity contribution in [2.45, 2.75) is 18.4 Å². The highest BCUT2D eigenvalue weighted by molar-refractivity contribution is 7.90. The van der Waals surface area contributed by atoms with Crippen LogP contribution in [0.15, 0.2) is 59.5 Å². The van der Waals surface area contributed by atoms with E-state index in [2.05, 4.69) is 0 Å². The summed E-state index contributed by atoms with van der Waals surface area (Å²) in [7, 11) is -4.04. The summed E-state index contributed by atoms with van der Waals surface area (Å²) in [6.07, 6.45) is 0. The molecule has 1 aromatic heterocycles. The first kappa shape index (κ1) is 17.7. The Morgan fingerprint density at radius 2 is 1.73 bits per heavy atom. The Bertz CT molecular complexity index is 1100. The van der Waals surface area contributed by atoms with Gasteiger partial charge >= 0.3 is 0 Å². The zero-order valence-corrected chi connectivity index (χ0v) is 14.8. The molecule has 0 fully saturated rings. The summed E-state index contributed by atoms with van der Waals surface area (Å²) < 4.78 is 28.5. The van der Waals surface area contributed by atoms with Crippen LogP contribution in [0.25, 0.3) is 10.9 Å². The minimum absolute atomic E-state index is 0.120. The van der Waals surface area contributed by atoms with Crippen molar-refractivity contribution in [3.05, 3.63) is 65.9 Å². The van der Waals surface area contributed by atoms with Crippen LogP contribution in [0, 0.1) is 6.92 Å². The summed E-state index contributed by atoms with van der Waals surface area (Å²) in [5.41, 5.74) is 7.01. The fourth-order valence-corrected chi connectivity index (χ4v) is 3.72. The number of nitrogens with two attached hydrogens (primary N) is 1. The van der Waals surface area contributed by atoms with Crippen molar-refractivity contribution in [3.63, 3.8) is 0 Å². The predicted molar refractivity (Wildman–Crippen MR) is 97.0 cm³/mol. The van der Waals surface area contributed by atoms with E-state index in [0.29, 0.717) is 0 Å². The number of sulfonamides is 1. The van der Waals surface area contributed by atoms with Gasteiger partial charge in [0.2, 0.25) is 5.91 Å². The second kappa shape index (κ2) is 6.64. The van der Waals surface area contributed by atoms with E-state index in [-0.39, 0.29) is 17.0 Å². The van der Waals surface area contributed by atoms with Crippen molar-refractivity contribution >= 4 is 32.7 Å². The van der Waals surface area contributed by atoms with Gasteiger partial charge in [-0.1, -0.05) is 18.2 Å². The number of carbonyl (C=O) groups is 2. The molecule has 3 aromatic rings. The Morgan fingerprint density at radius 1 is 1.08 bits per heavy atom. The standard InChI is InChI=1S/C18H17N3O4S/c1-12-10-14-4-2-3-5-16(14)21(12)11-17(22)20-26(24,25)15-8-6-13(7-9-15)18(19)23/h2-10H,11H2,1H3,(H2,19,23)(H,20,22). The number of hydrogen-bond donors (Lipinski definition) is 2. The summed E-state index contributed by atoms with van der Waals surface area (Å²) in [5.74, 6) is -1.32. The molecule has 2 aromatic carbocycles. The summed E-state index contributed by atoms with van der Waals surface area (Å²) in [4.78, 5) is 23.2.